The number of rotatable bonds is 5. The van der Waals surface area contributed by atoms with Crippen LogP contribution in [0.15, 0.2) is 53.8 Å². The summed E-state index contributed by atoms with van der Waals surface area (Å²) in [6.45, 7) is 3.64. The van der Waals surface area contributed by atoms with Gasteiger partial charge in [-0.2, -0.15) is 13.2 Å². The minimum atomic E-state index is -4.57. The second-order valence-corrected chi connectivity index (χ2v) is 10.4. The van der Waals surface area contributed by atoms with E-state index in [0.29, 0.717) is 17.5 Å². The van der Waals surface area contributed by atoms with E-state index in [-0.39, 0.29) is 35.9 Å². The lowest BCUT2D eigenvalue weighted by Crippen LogP contribution is -2.52. The van der Waals surface area contributed by atoms with Gasteiger partial charge in [-0.25, -0.2) is 4.99 Å². The first-order valence-corrected chi connectivity index (χ1v) is 12.1. The Hall–Kier alpha value is -3.63. The van der Waals surface area contributed by atoms with Crippen LogP contribution in [-0.2, 0) is 9.59 Å². The maximum atomic E-state index is 13.5. The normalized spacial score (nSPS) is 27.4. The van der Waals surface area contributed by atoms with Gasteiger partial charge in [0.05, 0.1) is 24.0 Å². The van der Waals surface area contributed by atoms with Crippen molar-refractivity contribution in [2.45, 2.75) is 63.0 Å². The number of nitrogens with two attached hydrogens (primary N) is 1. The van der Waals surface area contributed by atoms with E-state index in [1.807, 2.05) is 19.9 Å². The molecule has 0 bridgehead atoms. The Morgan fingerprint density at radius 3 is 2.65 bits per heavy atom. The summed E-state index contributed by atoms with van der Waals surface area (Å²) in [6.07, 6.45) is -3.17. The molecular formula is C26H28F3N5O3. The molecule has 1 saturated carbocycles. The zero-order valence-corrected chi connectivity index (χ0v) is 20.4. The zero-order chi connectivity index (χ0) is 26.5. The van der Waals surface area contributed by atoms with E-state index in [9.17, 15) is 22.8 Å². The number of hydrogen-bond donors (Lipinski definition) is 2. The van der Waals surface area contributed by atoms with Gasteiger partial charge in [-0.05, 0) is 43.9 Å². The summed E-state index contributed by atoms with van der Waals surface area (Å²) in [4.78, 5) is 36.6. The summed E-state index contributed by atoms with van der Waals surface area (Å²) in [5.41, 5.74) is 6.82. The molecule has 3 aliphatic rings. The van der Waals surface area contributed by atoms with Crippen LogP contribution in [0.25, 0.3) is 0 Å². The average Bonchev–Trinajstić information content (AvgIpc) is 3.61. The fourth-order valence-corrected chi connectivity index (χ4v) is 5.32. The SMILES string of the molecule is CC1(C)CC(=O)N(C(c2cccnc2)[C@H]2C[C@@H]2C(=O)N[C@H]2C[C@@H](C(F)(F)F)Oc3ccccc32)C(N)=N1. The first-order chi connectivity index (χ1) is 17.4. The third-order valence-electron chi connectivity index (χ3n) is 7.10. The molecule has 1 aliphatic carbocycles. The summed E-state index contributed by atoms with van der Waals surface area (Å²) in [5, 5.41) is 2.81. The number of pyridine rings is 1. The summed E-state index contributed by atoms with van der Waals surface area (Å²) in [7, 11) is 0. The number of benzene rings is 1. The molecule has 11 heteroatoms. The van der Waals surface area contributed by atoms with Gasteiger partial charge in [-0.3, -0.25) is 19.5 Å². The highest BCUT2D eigenvalue weighted by Gasteiger charge is 2.54. The number of nitrogens with one attached hydrogen (secondary N) is 1. The molecule has 3 N–H and O–H groups in total. The van der Waals surface area contributed by atoms with E-state index >= 15 is 0 Å². The van der Waals surface area contributed by atoms with Gasteiger partial charge in [-0.1, -0.05) is 24.3 Å². The summed E-state index contributed by atoms with van der Waals surface area (Å²) in [6, 6.07) is 8.54. The van der Waals surface area contributed by atoms with E-state index in [4.69, 9.17) is 10.5 Å². The number of para-hydroxylation sites is 1. The van der Waals surface area contributed by atoms with Crippen molar-refractivity contribution in [3.8, 4) is 5.75 Å². The van der Waals surface area contributed by atoms with Crippen molar-refractivity contribution in [3.05, 3.63) is 59.9 Å². The third kappa shape index (κ3) is 4.99. The Bertz CT molecular complexity index is 1230. The van der Waals surface area contributed by atoms with Crippen molar-refractivity contribution in [3.63, 3.8) is 0 Å². The number of aromatic nitrogens is 1. The monoisotopic (exact) mass is 515 g/mol. The smallest absolute Gasteiger partial charge is 0.425 e. The molecule has 1 aromatic heterocycles. The van der Waals surface area contributed by atoms with Gasteiger partial charge in [0.2, 0.25) is 11.8 Å². The molecule has 2 aliphatic heterocycles. The summed E-state index contributed by atoms with van der Waals surface area (Å²) >= 11 is 0. The van der Waals surface area contributed by atoms with Crippen LogP contribution in [0.3, 0.4) is 0 Å². The maximum Gasteiger partial charge on any atom is 0.425 e. The molecule has 37 heavy (non-hydrogen) atoms. The van der Waals surface area contributed by atoms with E-state index in [0.717, 1.165) is 0 Å². The molecule has 0 spiro atoms. The number of nitrogens with zero attached hydrogens (tertiary/aromatic N) is 3. The van der Waals surface area contributed by atoms with E-state index < -0.39 is 42.2 Å². The average molecular weight is 516 g/mol. The summed E-state index contributed by atoms with van der Waals surface area (Å²) < 4.78 is 45.7. The number of carbonyl (C=O) groups is 2. The third-order valence-corrected chi connectivity index (χ3v) is 7.10. The highest BCUT2D eigenvalue weighted by molar-refractivity contribution is 5.99. The minimum Gasteiger partial charge on any atom is -0.480 e. The second-order valence-electron chi connectivity index (χ2n) is 10.4. The molecule has 5 atom stereocenters. The van der Waals surface area contributed by atoms with Crippen LogP contribution in [0.5, 0.6) is 5.75 Å². The largest absolute Gasteiger partial charge is 0.480 e. The number of guanidine groups is 1. The Balaban J connectivity index is 1.39. The molecule has 5 rings (SSSR count). The molecule has 8 nitrogen and oxygen atoms in total. The topological polar surface area (TPSA) is 110 Å². The van der Waals surface area contributed by atoms with Crippen molar-refractivity contribution in [1.82, 2.24) is 15.2 Å². The molecule has 2 aromatic rings. The van der Waals surface area contributed by atoms with Crippen molar-refractivity contribution in [2.75, 3.05) is 0 Å². The van der Waals surface area contributed by atoms with Crippen LogP contribution in [-0.4, -0.2) is 45.5 Å². The van der Waals surface area contributed by atoms with Gasteiger partial charge >= 0.3 is 6.18 Å². The molecule has 1 unspecified atom stereocenters. The standard InChI is InChI=1S/C26H28F3N5O3/c1-25(2)12-21(35)34(24(30)33-25)22(14-6-5-9-31-13-14)16-10-17(16)23(36)32-18-11-20(26(27,28)29)37-19-8-4-3-7-15(18)19/h3-9,13,16-18,20,22H,10-12H2,1-2H3,(H2,30,33)(H,32,36)/t16-,17-,18-,20-,22?/m0/s1. The second kappa shape index (κ2) is 9.04. The van der Waals surface area contributed by atoms with Gasteiger partial charge in [0.25, 0.3) is 0 Å². The van der Waals surface area contributed by atoms with E-state index in [1.165, 1.54) is 11.0 Å². The number of carbonyl (C=O) groups excluding carboxylic acids is 2. The van der Waals surface area contributed by atoms with Crippen LogP contribution < -0.4 is 15.8 Å². The number of amides is 2. The van der Waals surface area contributed by atoms with E-state index in [1.54, 1.807) is 36.7 Å². The zero-order valence-electron chi connectivity index (χ0n) is 20.4. The molecule has 1 fully saturated rings. The van der Waals surface area contributed by atoms with Crippen molar-refractivity contribution < 1.29 is 27.5 Å². The Labute approximate surface area is 212 Å². The predicted molar refractivity (Wildman–Crippen MR) is 128 cm³/mol. The minimum absolute atomic E-state index is 0.0764. The van der Waals surface area contributed by atoms with Crippen LogP contribution in [0.1, 0.15) is 56.3 Å². The Kier molecular flexibility index (Phi) is 6.12. The Morgan fingerprint density at radius 2 is 1.97 bits per heavy atom. The summed E-state index contributed by atoms with van der Waals surface area (Å²) in [5.74, 6) is -1.21. The number of halogens is 3. The van der Waals surface area contributed by atoms with Gasteiger partial charge in [-0.15, -0.1) is 0 Å². The van der Waals surface area contributed by atoms with Gasteiger partial charge in [0, 0.05) is 30.3 Å². The van der Waals surface area contributed by atoms with Crippen molar-refractivity contribution in [1.29, 1.82) is 0 Å². The number of fused-ring (bicyclic) bond motifs is 1. The Morgan fingerprint density at radius 1 is 1.22 bits per heavy atom. The number of aliphatic imine (C=N–C) groups is 1. The van der Waals surface area contributed by atoms with Gasteiger partial charge < -0.3 is 15.8 Å². The number of hydrogen-bond acceptors (Lipinski definition) is 6. The first kappa shape index (κ1) is 25.0. The molecule has 3 heterocycles. The van der Waals surface area contributed by atoms with Crippen LogP contribution in [0.4, 0.5) is 13.2 Å². The lowest BCUT2D eigenvalue weighted by molar-refractivity contribution is -0.201. The lowest BCUT2D eigenvalue weighted by Gasteiger charge is -2.38. The van der Waals surface area contributed by atoms with Crippen LogP contribution in [0.2, 0.25) is 0 Å². The molecule has 2 amide bonds. The highest BCUT2D eigenvalue weighted by Crippen LogP contribution is 2.51. The molecule has 0 saturated heterocycles. The fourth-order valence-electron chi connectivity index (χ4n) is 5.32. The molecule has 196 valence electrons. The number of alkyl halides is 3. The highest BCUT2D eigenvalue weighted by atomic mass is 19.4. The molecule has 1 aromatic carbocycles. The van der Waals surface area contributed by atoms with Crippen LogP contribution >= 0.6 is 0 Å². The molecular weight excluding hydrogens is 487 g/mol. The van der Waals surface area contributed by atoms with Gasteiger partial charge in [0.1, 0.15) is 5.75 Å². The van der Waals surface area contributed by atoms with Crippen LogP contribution in [0, 0.1) is 11.8 Å². The predicted octanol–water partition coefficient (Wildman–Crippen LogP) is 3.66. The van der Waals surface area contributed by atoms with Crippen molar-refractivity contribution in [2.24, 2.45) is 22.6 Å². The van der Waals surface area contributed by atoms with Gasteiger partial charge in [0.15, 0.2) is 12.1 Å². The number of ether oxygens (including phenoxy) is 1. The quantitative estimate of drug-likeness (QED) is 0.632. The first-order valence-electron chi connectivity index (χ1n) is 12.1. The fraction of sp³-hybridized carbons (Fsp3) is 0.462. The van der Waals surface area contributed by atoms with Crippen molar-refractivity contribution >= 4 is 17.8 Å². The van der Waals surface area contributed by atoms with E-state index in [2.05, 4.69) is 15.3 Å². The molecule has 0 radical (unpaired) electrons. The lowest BCUT2D eigenvalue weighted by atomic mass is 9.94. The maximum absolute atomic E-state index is 13.5.